The molecule has 0 aliphatic carbocycles. The summed E-state index contributed by atoms with van der Waals surface area (Å²) in [4.78, 5) is 16.5. The number of fused-ring (bicyclic) bond motifs is 1. The van der Waals surface area contributed by atoms with Crippen LogP contribution in [0.2, 0.25) is 5.02 Å². The Morgan fingerprint density at radius 1 is 1.26 bits per heavy atom. The normalized spacial score (nSPS) is 15.3. The minimum atomic E-state index is -0.156. The first kappa shape index (κ1) is 17.6. The van der Waals surface area contributed by atoms with Gasteiger partial charge in [0.25, 0.3) is 5.91 Å². The Labute approximate surface area is 162 Å². The molecule has 1 atom stereocenters. The number of carbonyl (C=O) groups excluding carboxylic acids is 1. The first-order chi connectivity index (χ1) is 13.0. The van der Waals surface area contributed by atoms with Crippen molar-refractivity contribution in [3.63, 3.8) is 0 Å². The van der Waals surface area contributed by atoms with Crippen LogP contribution in [0.25, 0.3) is 11.1 Å². The lowest BCUT2D eigenvalue weighted by Gasteiger charge is -2.13. The van der Waals surface area contributed by atoms with Crippen LogP contribution in [0.5, 0.6) is 5.75 Å². The van der Waals surface area contributed by atoms with E-state index in [2.05, 4.69) is 10.3 Å². The Kier molecular flexibility index (Phi) is 4.62. The van der Waals surface area contributed by atoms with Crippen molar-refractivity contribution in [2.45, 2.75) is 26.4 Å². The number of aryl methyl sites for hydroxylation is 2. The number of hydrogen-bond donors (Lipinski definition) is 1. The van der Waals surface area contributed by atoms with Gasteiger partial charge in [-0.2, -0.15) is 0 Å². The van der Waals surface area contributed by atoms with Crippen molar-refractivity contribution < 1.29 is 13.9 Å². The van der Waals surface area contributed by atoms with Gasteiger partial charge in [0, 0.05) is 35.0 Å². The Balaban J connectivity index is 1.50. The van der Waals surface area contributed by atoms with E-state index in [9.17, 15) is 4.79 Å². The number of ether oxygens (including phenoxy) is 1. The Bertz CT molecular complexity index is 998. The van der Waals surface area contributed by atoms with Crippen LogP contribution in [-0.4, -0.2) is 23.5 Å². The molecule has 2 aromatic heterocycles. The van der Waals surface area contributed by atoms with Gasteiger partial charge >= 0.3 is 0 Å². The molecule has 138 valence electrons. The largest absolute Gasteiger partial charge is 0.487 e. The Hall–Kier alpha value is -2.79. The van der Waals surface area contributed by atoms with Gasteiger partial charge in [-0.1, -0.05) is 11.6 Å². The predicted molar refractivity (Wildman–Crippen MR) is 103 cm³/mol. The zero-order chi connectivity index (χ0) is 19.0. The number of hydrogen-bond acceptors (Lipinski definition) is 4. The van der Waals surface area contributed by atoms with Crippen LogP contribution in [0.3, 0.4) is 0 Å². The van der Waals surface area contributed by atoms with Gasteiger partial charge in [0.05, 0.1) is 12.1 Å². The molecule has 0 spiro atoms. The number of rotatable bonds is 4. The van der Waals surface area contributed by atoms with E-state index in [-0.39, 0.29) is 12.0 Å². The number of benzene rings is 1. The SMILES string of the molecule is Cc1cc(C(=O)NC[C@H]2Cc3cc(Cl)cc(-c4ccncc4)c3O2)c(C)o1. The van der Waals surface area contributed by atoms with E-state index in [0.717, 1.165) is 28.2 Å². The molecule has 5 nitrogen and oxygen atoms in total. The molecule has 1 aromatic carbocycles. The van der Waals surface area contributed by atoms with Crippen LogP contribution in [0.4, 0.5) is 0 Å². The molecule has 3 aromatic rings. The predicted octanol–water partition coefficient (Wildman–Crippen LogP) is 4.35. The third-order valence-electron chi connectivity index (χ3n) is 4.63. The molecule has 1 amide bonds. The molecule has 0 fully saturated rings. The lowest BCUT2D eigenvalue weighted by atomic mass is 10.0. The van der Waals surface area contributed by atoms with Crippen LogP contribution in [0.1, 0.15) is 27.4 Å². The third-order valence-corrected chi connectivity index (χ3v) is 4.85. The second-order valence-electron chi connectivity index (χ2n) is 6.66. The summed E-state index contributed by atoms with van der Waals surface area (Å²) in [5.74, 6) is 2.00. The maximum Gasteiger partial charge on any atom is 0.254 e. The molecule has 27 heavy (non-hydrogen) atoms. The van der Waals surface area contributed by atoms with Gasteiger partial charge in [-0.15, -0.1) is 0 Å². The second-order valence-corrected chi connectivity index (χ2v) is 7.09. The highest BCUT2D eigenvalue weighted by Gasteiger charge is 2.27. The monoisotopic (exact) mass is 382 g/mol. The van der Waals surface area contributed by atoms with Gasteiger partial charge in [0.15, 0.2) is 0 Å². The first-order valence-corrected chi connectivity index (χ1v) is 9.14. The molecular weight excluding hydrogens is 364 g/mol. The fourth-order valence-corrected chi connectivity index (χ4v) is 3.65. The van der Waals surface area contributed by atoms with Crippen LogP contribution < -0.4 is 10.1 Å². The molecule has 0 saturated carbocycles. The average molecular weight is 383 g/mol. The fourth-order valence-electron chi connectivity index (χ4n) is 3.41. The van der Waals surface area contributed by atoms with Crippen molar-refractivity contribution in [3.8, 4) is 16.9 Å². The minimum Gasteiger partial charge on any atom is -0.487 e. The molecule has 4 rings (SSSR count). The average Bonchev–Trinajstić information content (AvgIpc) is 3.21. The van der Waals surface area contributed by atoms with Gasteiger partial charge in [0.1, 0.15) is 23.4 Å². The third kappa shape index (κ3) is 3.55. The van der Waals surface area contributed by atoms with E-state index in [4.69, 9.17) is 20.8 Å². The highest BCUT2D eigenvalue weighted by molar-refractivity contribution is 6.31. The van der Waals surface area contributed by atoms with E-state index in [1.165, 1.54) is 0 Å². The molecule has 1 N–H and O–H groups in total. The fraction of sp³-hybridized carbons (Fsp3) is 0.238. The highest BCUT2D eigenvalue weighted by atomic mass is 35.5. The van der Waals surface area contributed by atoms with Crippen molar-refractivity contribution in [2.75, 3.05) is 6.54 Å². The first-order valence-electron chi connectivity index (χ1n) is 8.76. The number of halogens is 1. The number of aromatic nitrogens is 1. The quantitative estimate of drug-likeness (QED) is 0.728. The Morgan fingerprint density at radius 2 is 2.04 bits per heavy atom. The molecule has 1 aliphatic rings. The van der Waals surface area contributed by atoms with Crippen molar-refractivity contribution in [2.24, 2.45) is 0 Å². The van der Waals surface area contributed by atoms with E-state index >= 15 is 0 Å². The molecule has 3 heterocycles. The van der Waals surface area contributed by atoms with Gasteiger partial charge in [-0.3, -0.25) is 9.78 Å². The minimum absolute atomic E-state index is 0.142. The highest BCUT2D eigenvalue weighted by Crippen LogP contribution is 2.40. The maximum absolute atomic E-state index is 12.4. The topological polar surface area (TPSA) is 64.4 Å². The van der Waals surface area contributed by atoms with Crippen LogP contribution >= 0.6 is 11.6 Å². The van der Waals surface area contributed by atoms with Crippen LogP contribution in [0.15, 0.2) is 47.1 Å². The second kappa shape index (κ2) is 7.08. The molecule has 0 saturated heterocycles. The van der Waals surface area contributed by atoms with Gasteiger partial charge in [-0.25, -0.2) is 0 Å². The Morgan fingerprint density at radius 3 is 2.74 bits per heavy atom. The summed E-state index contributed by atoms with van der Waals surface area (Å²) in [5.41, 5.74) is 3.54. The number of amides is 1. The van der Waals surface area contributed by atoms with Gasteiger partial charge in [0.2, 0.25) is 0 Å². The van der Waals surface area contributed by atoms with Crippen LogP contribution in [0, 0.1) is 13.8 Å². The summed E-state index contributed by atoms with van der Waals surface area (Å²) in [6.45, 7) is 4.02. The number of pyridine rings is 1. The van der Waals surface area contributed by atoms with Crippen LogP contribution in [-0.2, 0) is 6.42 Å². The number of carbonyl (C=O) groups is 1. The number of nitrogens with zero attached hydrogens (tertiary/aromatic N) is 1. The zero-order valence-corrected chi connectivity index (χ0v) is 15.8. The van der Waals surface area contributed by atoms with Crippen molar-refractivity contribution in [3.05, 3.63) is 70.4 Å². The molecular formula is C21H19ClN2O3. The summed E-state index contributed by atoms with van der Waals surface area (Å²) in [6, 6.07) is 9.42. The molecule has 0 radical (unpaired) electrons. The van der Waals surface area contributed by atoms with E-state index in [1.807, 2.05) is 31.2 Å². The summed E-state index contributed by atoms with van der Waals surface area (Å²) < 4.78 is 11.6. The molecule has 1 aliphatic heterocycles. The van der Waals surface area contributed by atoms with E-state index < -0.39 is 0 Å². The number of furan rings is 1. The van der Waals surface area contributed by atoms with Crippen molar-refractivity contribution in [1.29, 1.82) is 0 Å². The summed E-state index contributed by atoms with van der Waals surface area (Å²) in [5, 5.41) is 3.60. The molecule has 6 heteroatoms. The van der Waals surface area contributed by atoms with Gasteiger partial charge < -0.3 is 14.5 Å². The maximum atomic E-state index is 12.4. The number of nitrogens with one attached hydrogen (secondary N) is 1. The standard InChI is InChI=1S/C21H19ClN2O3/c1-12-7-18(13(2)26-12)21(25)24-11-17-9-15-8-16(22)10-19(20(15)27-17)14-3-5-23-6-4-14/h3-8,10,17H,9,11H2,1-2H3,(H,24,25)/t17-/m1/s1. The van der Waals surface area contributed by atoms with E-state index in [1.54, 1.807) is 25.4 Å². The molecule has 0 bridgehead atoms. The van der Waals surface area contributed by atoms with Crippen molar-refractivity contribution in [1.82, 2.24) is 10.3 Å². The van der Waals surface area contributed by atoms with E-state index in [0.29, 0.717) is 29.3 Å². The lowest BCUT2D eigenvalue weighted by molar-refractivity contribution is 0.0932. The lowest BCUT2D eigenvalue weighted by Crippen LogP contribution is -2.34. The molecule has 0 unspecified atom stereocenters. The zero-order valence-electron chi connectivity index (χ0n) is 15.1. The summed E-state index contributed by atoms with van der Waals surface area (Å²) >= 11 is 6.30. The summed E-state index contributed by atoms with van der Waals surface area (Å²) in [7, 11) is 0. The summed E-state index contributed by atoms with van der Waals surface area (Å²) in [6.07, 6.45) is 4.03. The smallest absolute Gasteiger partial charge is 0.254 e. The van der Waals surface area contributed by atoms with Crippen molar-refractivity contribution >= 4 is 17.5 Å². The van der Waals surface area contributed by atoms with Gasteiger partial charge in [-0.05, 0) is 49.7 Å².